The Morgan fingerprint density at radius 2 is 2.25 bits per heavy atom. The monoisotopic (exact) mass is 286 g/mol. The van der Waals surface area contributed by atoms with E-state index in [-0.39, 0.29) is 16.7 Å². The van der Waals surface area contributed by atoms with E-state index in [4.69, 9.17) is 5.73 Å². The summed E-state index contributed by atoms with van der Waals surface area (Å²) >= 11 is 3.26. The summed E-state index contributed by atoms with van der Waals surface area (Å²) in [6, 6.07) is 5.10. The van der Waals surface area contributed by atoms with Crippen LogP contribution in [0.3, 0.4) is 0 Å². The van der Waals surface area contributed by atoms with Crippen LogP contribution in [-0.2, 0) is 6.42 Å². The van der Waals surface area contributed by atoms with E-state index in [1.54, 1.807) is 6.07 Å². The standard InChI is InChI=1S/C11H15BrN2O2/c1-2-4-9(13)7-8-5-3-6-10(11(8)12)14(15)16/h3,5-6,9H,2,4,7,13H2,1H3. The Labute approximate surface area is 103 Å². The lowest BCUT2D eigenvalue weighted by Crippen LogP contribution is -2.22. The van der Waals surface area contributed by atoms with E-state index in [1.165, 1.54) is 6.07 Å². The zero-order valence-corrected chi connectivity index (χ0v) is 10.7. The van der Waals surface area contributed by atoms with Gasteiger partial charge in [-0.15, -0.1) is 0 Å². The van der Waals surface area contributed by atoms with Crippen molar-refractivity contribution in [2.24, 2.45) is 5.73 Å². The third-order valence-corrected chi connectivity index (χ3v) is 3.31. The van der Waals surface area contributed by atoms with Crippen LogP contribution in [0.4, 0.5) is 5.69 Å². The molecule has 0 amide bonds. The van der Waals surface area contributed by atoms with Gasteiger partial charge in [0.25, 0.3) is 5.69 Å². The number of nitro benzene ring substituents is 1. The van der Waals surface area contributed by atoms with E-state index >= 15 is 0 Å². The van der Waals surface area contributed by atoms with Crippen LogP contribution < -0.4 is 5.73 Å². The molecular weight excluding hydrogens is 272 g/mol. The molecule has 5 heteroatoms. The lowest BCUT2D eigenvalue weighted by molar-refractivity contribution is -0.385. The van der Waals surface area contributed by atoms with Crippen molar-refractivity contribution >= 4 is 21.6 Å². The van der Waals surface area contributed by atoms with Crippen LogP contribution in [0, 0.1) is 10.1 Å². The number of hydrogen-bond donors (Lipinski definition) is 1. The summed E-state index contributed by atoms with van der Waals surface area (Å²) < 4.78 is 0.548. The second-order valence-corrected chi connectivity index (χ2v) is 4.55. The summed E-state index contributed by atoms with van der Waals surface area (Å²) in [5.74, 6) is 0. The van der Waals surface area contributed by atoms with Gasteiger partial charge in [0.1, 0.15) is 0 Å². The van der Waals surface area contributed by atoms with Crippen LogP contribution in [0.1, 0.15) is 25.3 Å². The maximum absolute atomic E-state index is 10.7. The molecule has 0 spiro atoms. The Bertz CT molecular complexity index is 382. The van der Waals surface area contributed by atoms with E-state index in [2.05, 4.69) is 22.9 Å². The number of hydrogen-bond acceptors (Lipinski definition) is 3. The van der Waals surface area contributed by atoms with E-state index in [9.17, 15) is 10.1 Å². The van der Waals surface area contributed by atoms with E-state index in [0.29, 0.717) is 10.9 Å². The minimum absolute atomic E-state index is 0.0586. The molecule has 1 unspecified atom stereocenters. The van der Waals surface area contributed by atoms with Gasteiger partial charge in [-0.25, -0.2) is 0 Å². The predicted octanol–water partition coefficient (Wildman–Crippen LogP) is 3.03. The summed E-state index contributed by atoms with van der Waals surface area (Å²) in [6.45, 7) is 2.07. The lowest BCUT2D eigenvalue weighted by atomic mass is 10.0. The van der Waals surface area contributed by atoms with E-state index in [1.807, 2.05) is 6.07 Å². The van der Waals surface area contributed by atoms with Crippen molar-refractivity contribution in [1.82, 2.24) is 0 Å². The molecule has 0 fully saturated rings. The van der Waals surface area contributed by atoms with Gasteiger partial charge in [-0.05, 0) is 34.3 Å². The Balaban J connectivity index is 2.89. The maximum atomic E-state index is 10.7. The summed E-state index contributed by atoms with van der Waals surface area (Å²) in [5.41, 5.74) is 6.92. The SMILES string of the molecule is CCCC(N)Cc1cccc([N+](=O)[O-])c1Br. The van der Waals surface area contributed by atoms with Crippen molar-refractivity contribution in [1.29, 1.82) is 0 Å². The fraction of sp³-hybridized carbons (Fsp3) is 0.455. The molecule has 1 atom stereocenters. The molecule has 0 heterocycles. The molecule has 2 N–H and O–H groups in total. The topological polar surface area (TPSA) is 69.2 Å². The second-order valence-electron chi connectivity index (χ2n) is 3.76. The van der Waals surface area contributed by atoms with Crippen molar-refractivity contribution in [2.45, 2.75) is 32.2 Å². The molecule has 4 nitrogen and oxygen atoms in total. The third-order valence-electron chi connectivity index (χ3n) is 2.40. The number of halogens is 1. The van der Waals surface area contributed by atoms with Gasteiger partial charge in [-0.2, -0.15) is 0 Å². The molecule has 1 aromatic carbocycles. The van der Waals surface area contributed by atoms with Gasteiger partial charge >= 0.3 is 0 Å². The van der Waals surface area contributed by atoms with E-state index in [0.717, 1.165) is 18.4 Å². The minimum atomic E-state index is -0.390. The average Bonchev–Trinajstić information content (AvgIpc) is 2.21. The molecule has 0 saturated carbocycles. The molecule has 88 valence electrons. The Kier molecular flexibility index (Phi) is 4.89. The lowest BCUT2D eigenvalue weighted by Gasteiger charge is -2.11. The van der Waals surface area contributed by atoms with Crippen molar-refractivity contribution in [3.8, 4) is 0 Å². The van der Waals surface area contributed by atoms with Crippen LogP contribution >= 0.6 is 15.9 Å². The highest BCUT2D eigenvalue weighted by molar-refractivity contribution is 9.10. The number of benzene rings is 1. The van der Waals surface area contributed by atoms with Crippen molar-refractivity contribution in [3.63, 3.8) is 0 Å². The number of nitrogens with two attached hydrogens (primary N) is 1. The molecular formula is C11H15BrN2O2. The highest BCUT2D eigenvalue weighted by atomic mass is 79.9. The van der Waals surface area contributed by atoms with Crippen molar-refractivity contribution < 1.29 is 4.92 Å². The Hall–Kier alpha value is -0.940. The number of nitrogens with zero attached hydrogens (tertiary/aromatic N) is 1. The molecule has 0 aliphatic heterocycles. The molecule has 0 aromatic heterocycles. The van der Waals surface area contributed by atoms with Crippen molar-refractivity contribution in [3.05, 3.63) is 38.3 Å². The Morgan fingerprint density at radius 3 is 2.81 bits per heavy atom. The third kappa shape index (κ3) is 3.28. The molecule has 0 saturated heterocycles. The van der Waals surface area contributed by atoms with Crippen LogP contribution in [0.15, 0.2) is 22.7 Å². The molecule has 0 bridgehead atoms. The van der Waals surface area contributed by atoms with Gasteiger partial charge in [-0.1, -0.05) is 25.5 Å². The summed E-state index contributed by atoms with van der Waals surface area (Å²) in [7, 11) is 0. The maximum Gasteiger partial charge on any atom is 0.283 e. The molecule has 1 rings (SSSR count). The first-order chi connectivity index (χ1) is 7.56. The summed E-state index contributed by atoms with van der Waals surface area (Å²) in [4.78, 5) is 10.3. The van der Waals surface area contributed by atoms with Gasteiger partial charge in [0.15, 0.2) is 0 Å². The highest BCUT2D eigenvalue weighted by Crippen LogP contribution is 2.29. The first kappa shape index (κ1) is 13.1. The molecule has 0 aliphatic carbocycles. The average molecular weight is 287 g/mol. The molecule has 16 heavy (non-hydrogen) atoms. The van der Waals surface area contributed by atoms with Crippen LogP contribution in [-0.4, -0.2) is 11.0 Å². The van der Waals surface area contributed by atoms with Gasteiger partial charge in [0.05, 0.1) is 9.40 Å². The predicted molar refractivity (Wildman–Crippen MR) is 67.4 cm³/mol. The fourth-order valence-electron chi connectivity index (χ4n) is 1.62. The smallest absolute Gasteiger partial charge is 0.283 e. The number of rotatable bonds is 5. The Morgan fingerprint density at radius 1 is 1.56 bits per heavy atom. The quantitative estimate of drug-likeness (QED) is 0.668. The fourth-order valence-corrected chi connectivity index (χ4v) is 2.19. The zero-order valence-electron chi connectivity index (χ0n) is 9.15. The van der Waals surface area contributed by atoms with Gasteiger partial charge < -0.3 is 5.73 Å². The zero-order chi connectivity index (χ0) is 12.1. The van der Waals surface area contributed by atoms with Crippen LogP contribution in [0.2, 0.25) is 0 Å². The highest BCUT2D eigenvalue weighted by Gasteiger charge is 2.16. The van der Waals surface area contributed by atoms with Crippen LogP contribution in [0.25, 0.3) is 0 Å². The first-order valence-electron chi connectivity index (χ1n) is 5.23. The second kappa shape index (κ2) is 5.96. The summed E-state index contributed by atoms with van der Waals surface area (Å²) in [6.07, 6.45) is 2.61. The van der Waals surface area contributed by atoms with Gasteiger partial charge in [-0.3, -0.25) is 10.1 Å². The van der Waals surface area contributed by atoms with E-state index < -0.39 is 0 Å². The van der Waals surface area contributed by atoms with Crippen molar-refractivity contribution in [2.75, 3.05) is 0 Å². The molecule has 1 aromatic rings. The first-order valence-corrected chi connectivity index (χ1v) is 6.03. The van der Waals surface area contributed by atoms with Gasteiger partial charge in [0.2, 0.25) is 0 Å². The minimum Gasteiger partial charge on any atom is -0.327 e. The molecule has 0 aliphatic rings. The van der Waals surface area contributed by atoms with Gasteiger partial charge in [0, 0.05) is 12.1 Å². The van der Waals surface area contributed by atoms with Crippen LogP contribution in [0.5, 0.6) is 0 Å². The summed E-state index contributed by atoms with van der Waals surface area (Å²) in [5, 5.41) is 10.7. The molecule has 0 radical (unpaired) electrons. The largest absolute Gasteiger partial charge is 0.327 e. The number of nitro groups is 1. The normalized spacial score (nSPS) is 12.4.